The number of ether oxygens (including phenoxy) is 2. The van der Waals surface area contributed by atoms with Gasteiger partial charge in [0.05, 0.1) is 27.7 Å². The number of hydrogen-bond acceptors (Lipinski definition) is 8. The lowest BCUT2D eigenvalue weighted by molar-refractivity contribution is -0.870. The van der Waals surface area contributed by atoms with Gasteiger partial charge in [0.2, 0.25) is 0 Å². The number of nitrogens with zero attached hydrogens (tertiary/aromatic N) is 1. The third kappa shape index (κ3) is 42.2. The Morgan fingerprint density at radius 1 is 0.545 bits per heavy atom. The zero-order chi connectivity index (χ0) is 40.7. The van der Waals surface area contributed by atoms with Gasteiger partial charge in [-0.15, -0.1) is 0 Å². The van der Waals surface area contributed by atoms with E-state index >= 15 is 0 Å². The fourth-order valence-corrected chi connectivity index (χ4v) is 7.14. The molecule has 0 radical (unpaired) electrons. The number of likely N-dealkylation sites (N-methyl/N-ethyl adjacent to an activating group) is 1. The molecule has 0 aliphatic carbocycles. The van der Waals surface area contributed by atoms with E-state index in [1.165, 1.54) is 128 Å². The number of allylic oxidation sites excluding steroid dienone is 2. The van der Waals surface area contributed by atoms with Crippen molar-refractivity contribution < 1.29 is 42.1 Å². The summed E-state index contributed by atoms with van der Waals surface area (Å²) in [4.78, 5) is 37.5. The van der Waals surface area contributed by atoms with Gasteiger partial charge in [-0.1, -0.05) is 174 Å². The summed E-state index contributed by atoms with van der Waals surface area (Å²) in [5.74, 6) is -0.834. The Bertz CT molecular complexity index is 954. The molecule has 0 saturated heterocycles. The van der Waals surface area contributed by atoms with Gasteiger partial charge in [0.25, 0.3) is 7.82 Å². The van der Waals surface area contributed by atoms with E-state index in [-0.39, 0.29) is 32.0 Å². The molecule has 0 N–H and O–H groups in total. The van der Waals surface area contributed by atoms with E-state index < -0.39 is 26.5 Å². The summed E-state index contributed by atoms with van der Waals surface area (Å²) in [7, 11) is 1.17. The van der Waals surface area contributed by atoms with Crippen LogP contribution in [0.2, 0.25) is 0 Å². The average Bonchev–Trinajstić information content (AvgIpc) is 3.13. The second kappa shape index (κ2) is 38.3. The van der Waals surface area contributed by atoms with Crippen LogP contribution in [-0.4, -0.2) is 70.0 Å². The predicted molar refractivity (Wildman–Crippen MR) is 227 cm³/mol. The van der Waals surface area contributed by atoms with Crippen LogP contribution in [0.15, 0.2) is 12.2 Å². The molecule has 0 spiro atoms. The summed E-state index contributed by atoms with van der Waals surface area (Å²) >= 11 is 0. The lowest BCUT2D eigenvalue weighted by Gasteiger charge is -2.28. The highest BCUT2D eigenvalue weighted by Crippen LogP contribution is 2.38. The fourth-order valence-electron chi connectivity index (χ4n) is 6.41. The predicted octanol–water partition coefficient (Wildman–Crippen LogP) is 12.3. The highest BCUT2D eigenvalue weighted by Gasteiger charge is 2.21. The molecule has 2 atom stereocenters. The number of esters is 2. The van der Waals surface area contributed by atoms with Gasteiger partial charge in [0, 0.05) is 12.8 Å². The summed E-state index contributed by atoms with van der Waals surface area (Å²) < 4.78 is 33.9. The summed E-state index contributed by atoms with van der Waals surface area (Å²) in [5.41, 5.74) is 0. The van der Waals surface area contributed by atoms with Crippen LogP contribution >= 0.6 is 7.82 Å². The monoisotopic (exact) mass is 802 g/mol. The molecule has 0 aromatic rings. The zero-order valence-corrected chi connectivity index (χ0v) is 37.5. The lowest BCUT2D eigenvalue weighted by Crippen LogP contribution is -2.37. The maximum Gasteiger partial charge on any atom is 0.306 e. The molecule has 1 unspecified atom stereocenters. The minimum atomic E-state index is -4.62. The van der Waals surface area contributed by atoms with E-state index in [4.69, 9.17) is 18.5 Å². The van der Waals surface area contributed by atoms with Crippen molar-refractivity contribution in [2.24, 2.45) is 0 Å². The van der Waals surface area contributed by atoms with Crippen LogP contribution in [0.1, 0.15) is 213 Å². The molecule has 0 aromatic carbocycles. The molecule has 0 rings (SSSR count). The van der Waals surface area contributed by atoms with Gasteiger partial charge < -0.3 is 27.9 Å². The van der Waals surface area contributed by atoms with Crippen molar-refractivity contribution in [1.82, 2.24) is 0 Å². The first-order valence-electron chi connectivity index (χ1n) is 22.9. The maximum atomic E-state index is 12.7. The smallest absolute Gasteiger partial charge is 0.306 e. The van der Waals surface area contributed by atoms with Crippen molar-refractivity contribution in [3.05, 3.63) is 12.2 Å². The quantitative estimate of drug-likeness (QED) is 0.0197. The van der Waals surface area contributed by atoms with Gasteiger partial charge in [0.1, 0.15) is 19.8 Å². The third-order valence-electron chi connectivity index (χ3n) is 10.0. The number of unbranched alkanes of at least 4 members (excludes halogenated alkanes) is 26. The van der Waals surface area contributed by atoms with E-state index in [1.807, 2.05) is 21.1 Å². The van der Waals surface area contributed by atoms with Crippen LogP contribution in [0.25, 0.3) is 0 Å². The van der Waals surface area contributed by atoms with Crippen LogP contribution in [0.3, 0.4) is 0 Å². The Balaban J connectivity index is 4.28. The summed E-state index contributed by atoms with van der Waals surface area (Å²) in [6.45, 7) is 4.23. The minimum Gasteiger partial charge on any atom is -0.756 e. The van der Waals surface area contributed by atoms with Gasteiger partial charge >= 0.3 is 11.9 Å². The molecule has 0 aliphatic rings. The SMILES string of the molecule is CCCCCC/C=C/CCCCCCCC(=O)O[C@@H](COC(=O)CCCCCCCCCCCCCCCCCCCC)COP(=O)([O-])OCC[N+](C)(C)C. The fraction of sp³-hybridized carbons (Fsp3) is 0.911. The van der Waals surface area contributed by atoms with E-state index in [0.29, 0.717) is 17.4 Å². The Morgan fingerprint density at radius 2 is 0.927 bits per heavy atom. The first kappa shape index (κ1) is 53.8. The third-order valence-corrected chi connectivity index (χ3v) is 11.0. The van der Waals surface area contributed by atoms with E-state index in [9.17, 15) is 19.0 Å². The van der Waals surface area contributed by atoms with Crippen molar-refractivity contribution in [3.63, 3.8) is 0 Å². The molecule has 0 aromatic heterocycles. The number of carbonyl (C=O) groups excluding carboxylic acids is 2. The largest absolute Gasteiger partial charge is 0.756 e. The molecule has 0 amide bonds. The number of carbonyl (C=O) groups is 2. The standard InChI is InChI=1S/C45H88NO8P/c1-6-8-10-12-14-16-18-20-21-22-23-24-26-27-29-31-33-35-37-44(47)51-41-43(42-53-55(49,50)52-40-39-46(3,4)5)54-45(48)38-36-34-32-30-28-25-19-17-15-13-11-9-7-2/h17,19,43H,6-16,18,20-42H2,1-5H3/b19-17+/t43-/m0/s1. The van der Waals surface area contributed by atoms with E-state index in [2.05, 4.69) is 26.0 Å². The first-order chi connectivity index (χ1) is 26.5. The molecule has 0 fully saturated rings. The molecule has 0 saturated carbocycles. The Morgan fingerprint density at radius 3 is 1.36 bits per heavy atom. The van der Waals surface area contributed by atoms with Crippen molar-refractivity contribution >= 4 is 19.8 Å². The van der Waals surface area contributed by atoms with Crippen LogP contribution < -0.4 is 4.89 Å². The second-order valence-electron chi connectivity index (χ2n) is 16.8. The average molecular weight is 802 g/mol. The normalized spacial score (nSPS) is 13.6. The summed E-state index contributed by atoms with van der Waals surface area (Å²) in [6, 6.07) is 0. The molecule has 0 heterocycles. The minimum absolute atomic E-state index is 0.0293. The molecule has 0 bridgehead atoms. The van der Waals surface area contributed by atoms with Gasteiger partial charge in [-0.2, -0.15) is 0 Å². The number of phosphoric acid groups is 1. The second-order valence-corrected chi connectivity index (χ2v) is 18.2. The molecule has 10 heteroatoms. The lowest BCUT2D eigenvalue weighted by atomic mass is 10.0. The van der Waals surface area contributed by atoms with Gasteiger partial charge in [0.15, 0.2) is 6.10 Å². The molecular formula is C45H88NO8P. The van der Waals surface area contributed by atoms with Crippen molar-refractivity contribution in [3.8, 4) is 0 Å². The maximum absolute atomic E-state index is 12.7. The van der Waals surface area contributed by atoms with Crippen molar-refractivity contribution in [2.45, 2.75) is 219 Å². The van der Waals surface area contributed by atoms with Gasteiger partial charge in [-0.3, -0.25) is 14.2 Å². The summed E-state index contributed by atoms with van der Waals surface area (Å²) in [5, 5.41) is 0. The van der Waals surface area contributed by atoms with Crippen LogP contribution in [0, 0.1) is 0 Å². The van der Waals surface area contributed by atoms with Crippen LogP contribution in [-0.2, 0) is 32.7 Å². The van der Waals surface area contributed by atoms with Crippen molar-refractivity contribution in [2.75, 3.05) is 47.5 Å². The topological polar surface area (TPSA) is 111 Å². The van der Waals surface area contributed by atoms with Gasteiger partial charge in [-0.05, 0) is 38.5 Å². The highest BCUT2D eigenvalue weighted by molar-refractivity contribution is 7.45. The Kier molecular flexibility index (Phi) is 37.4. The number of phosphoric ester groups is 1. The summed E-state index contributed by atoms with van der Waals surface area (Å²) in [6.07, 6.45) is 39.5. The highest BCUT2D eigenvalue weighted by atomic mass is 31.2. The molecule has 0 aliphatic heterocycles. The number of rotatable bonds is 42. The van der Waals surface area contributed by atoms with Crippen molar-refractivity contribution in [1.29, 1.82) is 0 Å². The Hall–Kier alpha value is -1.25. The molecule has 55 heavy (non-hydrogen) atoms. The number of quaternary nitrogens is 1. The van der Waals surface area contributed by atoms with Crippen LogP contribution in [0.4, 0.5) is 0 Å². The first-order valence-corrected chi connectivity index (χ1v) is 24.4. The van der Waals surface area contributed by atoms with Gasteiger partial charge in [-0.25, -0.2) is 0 Å². The zero-order valence-electron chi connectivity index (χ0n) is 36.6. The molecule has 326 valence electrons. The molecular weight excluding hydrogens is 713 g/mol. The Labute approximate surface area is 339 Å². The van der Waals surface area contributed by atoms with E-state index in [1.54, 1.807) is 0 Å². The molecule has 9 nitrogen and oxygen atoms in total. The van der Waals surface area contributed by atoms with E-state index in [0.717, 1.165) is 51.4 Å². The van der Waals surface area contributed by atoms with Crippen LogP contribution in [0.5, 0.6) is 0 Å². The number of hydrogen-bond donors (Lipinski definition) is 0.